The summed E-state index contributed by atoms with van der Waals surface area (Å²) in [5.74, 6) is 1.79. The fraction of sp³-hybridized carbons (Fsp3) is 0.333. The van der Waals surface area contributed by atoms with Gasteiger partial charge in [0, 0.05) is 6.04 Å². The van der Waals surface area contributed by atoms with Crippen LogP contribution in [0, 0.1) is 6.92 Å². The average molecular weight is 151 g/mol. The minimum atomic E-state index is 0.0837. The van der Waals surface area contributed by atoms with Crippen molar-refractivity contribution >= 4 is 6.08 Å². The van der Waals surface area contributed by atoms with Crippen LogP contribution in [0.4, 0.5) is 0 Å². The van der Waals surface area contributed by atoms with Crippen LogP contribution in [0.25, 0.3) is 6.08 Å². The number of nitrogens with two attached hydrogens (primary N) is 1. The minimum Gasteiger partial charge on any atom is -0.462 e. The Labute approximate surface area is 66.7 Å². The smallest absolute Gasteiger partial charge is 0.126 e. The molecule has 0 aromatic carbocycles. The van der Waals surface area contributed by atoms with Gasteiger partial charge >= 0.3 is 0 Å². The lowest BCUT2D eigenvalue weighted by atomic mass is 10.3. The number of hydrogen-bond acceptors (Lipinski definition) is 2. The van der Waals surface area contributed by atoms with Crippen molar-refractivity contribution < 1.29 is 4.42 Å². The Morgan fingerprint density at radius 2 is 2.27 bits per heavy atom. The van der Waals surface area contributed by atoms with E-state index in [0.717, 1.165) is 11.5 Å². The molecule has 2 N–H and O–H groups in total. The van der Waals surface area contributed by atoms with Crippen LogP contribution >= 0.6 is 0 Å². The molecule has 1 rings (SSSR count). The largest absolute Gasteiger partial charge is 0.462 e. The lowest BCUT2D eigenvalue weighted by Gasteiger charge is -1.91. The predicted octanol–water partition coefficient (Wildman–Crippen LogP) is 1.95. The molecule has 0 aliphatic carbocycles. The van der Waals surface area contributed by atoms with E-state index in [1.807, 2.05) is 38.1 Å². The van der Waals surface area contributed by atoms with Crippen LogP contribution in [0.5, 0.6) is 0 Å². The zero-order valence-electron chi connectivity index (χ0n) is 6.87. The molecule has 0 fully saturated rings. The number of furan rings is 1. The monoisotopic (exact) mass is 151 g/mol. The molecular formula is C9H13NO. The van der Waals surface area contributed by atoms with Crippen molar-refractivity contribution in [2.45, 2.75) is 19.9 Å². The molecule has 2 heteroatoms. The predicted molar refractivity (Wildman–Crippen MR) is 46.1 cm³/mol. The van der Waals surface area contributed by atoms with E-state index in [9.17, 15) is 0 Å². The molecule has 1 atom stereocenters. The second-order valence-electron chi connectivity index (χ2n) is 2.67. The van der Waals surface area contributed by atoms with Gasteiger partial charge in [-0.25, -0.2) is 0 Å². The van der Waals surface area contributed by atoms with Gasteiger partial charge in [-0.1, -0.05) is 6.08 Å². The summed E-state index contributed by atoms with van der Waals surface area (Å²) in [6, 6.07) is 3.94. The topological polar surface area (TPSA) is 39.2 Å². The Morgan fingerprint density at radius 1 is 1.55 bits per heavy atom. The highest BCUT2D eigenvalue weighted by atomic mass is 16.3. The van der Waals surface area contributed by atoms with Gasteiger partial charge in [-0.05, 0) is 32.1 Å². The normalized spacial score (nSPS) is 14.1. The molecule has 0 aliphatic rings. The van der Waals surface area contributed by atoms with E-state index in [1.54, 1.807) is 0 Å². The summed E-state index contributed by atoms with van der Waals surface area (Å²) in [5.41, 5.74) is 5.52. The molecule has 0 saturated heterocycles. The lowest BCUT2D eigenvalue weighted by molar-refractivity contribution is 0.525. The van der Waals surface area contributed by atoms with Crippen molar-refractivity contribution in [2.75, 3.05) is 0 Å². The number of hydrogen-bond donors (Lipinski definition) is 1. The van der Waals surface area contributed by atoms with Crippen molar-refractivity contribution in [3.05, 3.63) is 29.7 Å². The van der Waals surface area contributed by atoms with Crippen LogP contribution in [0.3, 0.4) is 0 Å². The molecule has 11 heavy (non-hydrogen) atoms. The maximum Gasteiger partial charge on any atom is 0.126 e. The molecule has 1 heterocycles. The first kappa shape index (κ1) is 8.08. The van der Waals surface area contributed by atoms with E-state index in [1.165, 1.54) is 0 Å². The molecule has 0 amide bonds. The highest BCUT2D eigenvalue weighted by Crippen LogP contribution is 2.07. The first-order valence-corrected chi connectivity index (χ1v) is 3.68. The third-order valence-corrected chi connectivity index (χ3v) is 1.33. The minimum absolute atomic E-state index is 0.0837. The van der Waals surface area contributed by atoms with Crippen molar-refractivity contribution in [2.24, 2.45) is 5.73 Å². The molecule has 1 unspecified atom stereocenters. The zero-order valence-corrected chi connectivity index (χ0v) is 6.87. The highest BCUT2D eigenvalue weighted by molar-refractivity contribution is 5.43. The third-order valence-electron chi connectivity index (χ3n) is 1.33. The fourth-order valence-corrected chi connectivity index (χ4v) is 0.790. The van der Waals surface area contributed by atoms with Gasteiger partial charge in [-0.2, -0.15) is 0 Å². The van der Waals surface area contributed by atoms with Crippen LogP contribution in [0.1, 0.15) is 18.4 Å². The van der Waals surface area contributed by atoms with Crippen LogP contribution in [-0.4, -0.2) is 6.04 Å². The van der Waals surface area contributed by atoms with E-state index in [2.05, 4.69) is 0 Å². The van der Waals surface area contributed by atoms with Gasteiger partial charge in [0.25, 0.3) is 0 Å². The molecule has 0 bridgehead atoms. The Bertz CT molecular complexity index is 248. The summed E-state index contributed by atoms with van der Waals surface area (Å²) < 4.78 is 5.29. The summed E-state index contributed by atoms with van der Waals surface area (Å²) in [6.07, 6.45) is 3.79. The molecule has 60 valence electrons. The van der Waals surface area contributed by atoms with Gasteiger partial charge in [0.05, 0.1) is 0 Å². The molecule has 0 spiro atoms. The molecular weight excluding hydrogens is 138 g/mol. The SMILES string of the molecule is Cc1ccc(/C=C/C(C)N)o1. The fourth-order valence-electron chi connectivity index (χ4n) is 0.790. The third kappa shape index (κ3) is 2.60. The van der Waals surface area contributed by atoms with Crippen molar-refractivity contribution in [3.63, 3.8) is 0 Å². The highest BCUT2D eigenvalue weighted by Gasteiger charge is 1.92. The molecule has 0 aliphatic heterocycles. The van der Waals surface area contributed by atoms with Gasteiger partial charge in [0.2, 0.25) is 0 Å². The first-order chi connectivity index (χ1) is 5.18. The van der Waals surface area contributed by atoms with E-state index < -0.39 is 0 Å². The van der Waals surface area contributed by atoms with E-state index in [-0.39, 0.29) is 6.04 Å². The standard InChI is InChI=1S/C9H13NO/c1-7(10)3-5-9-6-4-8(2)11-9/h3-7H,10H2,1-2H3/b5-3+. The Hall–Kier alpha value is -1.02. The van der Waals surface area contributed by atoms with Crippen molar-refractivity contribution in [1.29, 1.82) is 0 Å². The second kappa shape index (κ2) is 3.39. The second-order valence-corrected chi connectivity index (χ2v) is 2.67. The lowest BCUT2D eigenvalue weighted by Crippen LogP contribution is -2.09. The van der Waals surface area contributed by atoms with E-state index in [0.29, 0.717) is 0 Å². The van der Waals surface area contributed by atoms with Crippen LogP contribution in [0.15, 0.2) is 22.6 Å². The molecule has 0 saturated carbocycles. The quantitative estimate of drug-likeness (QED) is 0.701. The molecule has 1 aromatic heterocycles. The van der Waals surface area contributed by atoms with Gasteiger partial charge in [0.15, 0.2) is 0 Å². The Kier molecular flexibility index (Phi) is 2.49. The summed E-state index contributed by atoms with van der Waals surface area (Å²) in [4.78, 5) is 0. The van der Waals surface area contributed by atoms with E-state index >= 15 is 0 Å². The zero-order chi connectivity index (χ0) is 8.27. The van der Waals surface area contributed by atoms with Crippen LogP contribution in [-0.2, 0) is 0 Å². The average Bonchev–Trinajstić information content (AvgIpc) is 2.31. The number of rotatable bonds is 2. The maximum absolute atomic E-state index is 5.52. The first-order valence-electron chi connectivity index (χ1n) is 3.68. The summed E-state index contributed by atoms with van der Waals surface area (Å²) in [7, 11) is 0. The van der Waals surface area contributed by atoms with E-state index in [4.69, 9.17) is 10.2 Å². The summed E-state index contributed by atoms with van der Waals surface area (Å²) in [5, 5.41) is 0. The Balaban J connectivity index is 2.64. The van der Waals surface area contributed by atoms with Gasteiger partial charge < -0.3 is 10.2 Å². The molecule has 0 radical (unpaired) electrons. The van der Waals surface area contributed by atoms with Gasteiger partial charge in [0.1, 0.15) is 11.5 Å². The maximum atomic E-state index is 5.52. The van der Waals surface area contributed by atoms with Gasteiger partial charge in [-0.15, -0.1) is 0 Å². The number of aryl methyl sites for hydroxylation is 1. The van der Waals surface area contributed by atoms with Crippen molar-refractivity contribution in [3.8, 4) is 0 Å². The summed E-state index contributed by atoms with van der Waals surface area (Å²) in [6.45, 7) is 3.84. The summed E-state index contributed by atoms with van der Waals surface area (Å²) >= 11 is 0. The van der Waals surface area contributed by atoms with Crippen molar-refractivity contribution in [1.82, 2.24) is 0 Å². The molecule has 1 aromatic rings. The van der Waals surface area contributed by atoms with Crippen LogP contribution in [0.2, 0.25) is 0 Å². The van der Waals surface area contributed by atoms with Crippen LogP contribution < -0.4 is 5.73 Å². The molecule has 2 nitrogen and oxygen atoms in total. The van der Waals surface area contributed by atoms with Gasteiger partial charge in [-0.3, -0.25) is 0 Å². The Morgan fingerprint density at radius 3 is 2.73 bits per heavy atom.